The molecule has 27 heavy (non-hydrogen) atoms. The van der Waals surface area contributed by atoms with Crippen molar-refractivity contribution in [3.05, 3.63) is 99.7 Å². The molecule has 0 amide bonds. The van der Waals surface area contributed by atoms with Gasteiger partial charge in [0.05, 0.1) is 27.3 Å². The molecule has 3 aromatic carbocycles. The highest BCUT2D eigenvalue weighted by atomic mass is 16.6. The standard InChI is InChI=1S/C22H17N3O2/c1-15-6-10-17(11-7-15)22-21(23-19-4-2-3-5-20(19)24-22)14-16-8-12-18(13-9-16)25(26)27/h2-13H,14H2,1H3. The zero-order valence-electron chi connectivity index (χ0n) is 14.8. The normalized spacial score (nSPS) is 10.9. The average molecular weight is 355 g/mol. The van der Waals surface area contributed by atoms with E-state index in [2.05, 4.69) is 12.1 Å². The molecule has 0 saturated heterocycles. The van der Waals surface area contributed by atoms with Crippen molar-refractivity contribution < 1.29 is 4.92 Å². The molecule has 1 aromatic heterocycles. The van der Waals surface area contributed by atoms with Crippen LogP contribution >= 0.6 is 0 Å². The SMILES string of the molecule is Cc1ccc(-c2nc3ccccc3nc2Cc2ccc([N+](=O)[O-])cc2)cc1. The first-order valence-electron chi connectivity index (χ1n) is 8.66. The fraction of sp³-hybridized carbons (Fsp3) is 0.0909. The minimum Gasteiger partial charge on any atom is -0.258 e. The molecule has 4 aromatic rings. The molecule has 5 nitrogen and oxygen atoms in total. The maximum atomic E-state index is 10.9. The number of nitro groups is 1. The first kappa shape index (κ1) is 16.8. The van der Waals surface area contributed by atoms with Crippen LogP contribution in [0.1, 0.15) is 16.8 Å². The molecule has 0 aliphatic heterocycles. The van der Waals surface area contributed by atoms with Crippen LogP contribution in [0, 0.1) is 17.0 Å². The van der Waals surface area contributed by atoms with Gasteiger partial charge in [0.1, 0.15) is 0 Å². The van der Waals surface area contributed by atoms with Crippen LogP contribution in [0.2, 0.25) is 0 Å². The number of nitrogens with zero attached hydrogens (tertiary/aromatic N) is 3. The second-order valence-electron chi connectivity index (χ2n) is 6.47. The average Bonchev–Trinajstić information content (AvgIpc) is 2.68. The van der Waals surface area contributed by atoms with E-state index in [0.717, 1.165) is 33.5 Å². The molecule has 0 saturated carbocycles. The van der Waals surface area contributed by atoms with Crippen molar-refractivity contribution in [1.29, 1.82) is 0 Å². The van der Waals surface area contributed by atoms with Crippen molar-refractivity contribution in [3.8, 4) is 11.3 Å². The van der Waals surface area contributed by atoms with E-state index in [4.69, 9.17) is 9.97 Å². The van der Waals surface area contributed by atoms with Crippen LogP contribution in [0.25, 0.3) is 22.3 Å². The van der Waals surface area contributed by atoms with E-state index < -0.39 is 4.92 Å². The number of nitro benzene ring substituents is 1. The first-order valence-corrected chi connectivity index (χ1v) is 8.66. The van der Waals surface area contributed by atoms with Gasteiger partial charge in [0.15, 0.2) is 0 Å². The Hall–Kier alpha value is -3.60. The highest BCUT2D eigenvalue weighted by Crippen LogP contribution is 2.26. The highest BCUT2D eigenvalue weighted by Gasteiger charge is 2.13. The molecule has 5 heteroatoms. The van der Waals surface area contributed by atoms with Gasteiger partial charge in [-0.05, 0) is 24.6 Å². The Morgan fingerprint density at radius 3 is 2.11 bits per heavy atom. The van der Waals surface area contributed by atoms with E-state index in [-0.39, 0.29) is 5.69 Å². The smallest absolute Gasteiger partial charge is 0.258 e. The van der Waals surface area contributed by atoms with Crippen LogP contribution in [0.3, 0.4) is 0 Å². The minimum atomic E-state index is -0.392. The number of benzene rings is 3. The monoisotopic (exact) mass is 355 g/mol. The largest absolute Gasteiger partial charge is 0.269 e. The van der Waals surface area contributed by atoms with Crippen molar-refractivity contribution in [2.75, 3.05) is 0 Å². The Morgan fingerprint density at radius 1 is 0.852 bits per heavy atom. The van der Waals surface area contributed by atoms with E-state index >= 15 is 0 Å². The molecular formula is C22H17N3O2. The number of aryl methyl sites for hydroxylation is 1. The van der Waals surface area contributed by atoms with Gasteiger partial charge >= 0.3 is 0 Å². The van der Waals surface area contributed by atoms with E-state index in [9.17, 15) is 10.1 Å². The summed E-state index contributed by atoms with van der Waals surface area (Å²) < 4.78 is 0. The molecule has 0 radical (unpaired) electrons. The zero-order chi connectivity index (χ0) is 18.8. The second kappa shape index (κ2) is 6.96. The summed E-state index contributed by atoms with van der Waals surface area (Å²) in [6, 6.07) is 22.6. The highest BCUT2D eigenvalue weighted by molar-refractivity contribution is 5.78. The summed E-state index contributed by atoms with van der Waals surface area (Å²) in [5.74, 6) is 0. The van der Waals surface area contributed by atoms with Gasteiger partial charge in [-0.3, -0.25) is 10.1 Å². The Bertz CT molecular complexity index is 1120. The van der Waals surface area contributed by atoms with Gasteiger partial charge in [0, 0.05) is 24.1 Å². The summed E-state index contributed by atoms with van der Waals surface area (Å²) in [6.07, 6.45) is 0.555. The Labute approximate surface area is 156 Å². The first-order chi connectivity index (χ1) is 13.1. The molecule has 0 bridgehead atoms. The van der Waals surface area contributed by atoms with Gasteiger partial charge in [0.2, 0.25) is 0 Å². The van der Waals surface area contributed by atoms with Crippen molar-refractivity contribution in [2.24, 2.45) is 0 Å². The second-order valence-corrected chi connectivity index (χ2v) is 6.47. The summed E-state index contributed by atoms with van der Waals surface area (Å²) in [4.78, 5) is 20.2. The van der Waals surface area contributed by atoms with Gasteiger partial charge in [-0.2, -0.15) is 0 Å². The molecule has 0 unspecified atom stereocenters. The molecule has 0 aliphatic rings. The molecule has 0 fully saturated rings. The minimum absolute atomic E-state index is 0.0853. The van der Waals surface area contributed by atoms with Crippen LogP contribution in [-0.4, -0.2) is 14.9 Å². The number of rotatable bonds is 4. The third-order valence-electron chi connectivity index (χ3n) is 4.49. The van der Waals surface area contributed by atoms with Crippen LogP contribution in [0.4, 0.5) is 5.69 Å². The Kier molecular flexibility index (Phi) is 4.34. The topological polar surface area (TPSA) is 68.9 Å². The maximum absolute atomic E-state index is 10.9. The predicted molar refractivity (Wildman–Crippen MR) is 106 cm³/mol. The Balaban J connectivity index is 1.80. The van der Waals surface area contributed by atoms with E-state index in [1.807, 2.05) is 43.3 Å². The van der Waals surface area contributed by atoms with E-state index in [0.29, 0.717) is 6.42 Å². The fourth-order valence-corrected chi connectivity index (χ4v) is 3.03. The van der Waals surface area contributed by atoms with Gasteiger partial charge in [-0.25, -0.2) is 9.97 Å². The van der Waals surface area contributed by atoms with Crippen molar-refractivity contribution >= 4 is 16.7 Å². The number of para-hydroxylation sites is 2. The van der Waals surface area contributed by atoms with E-state index in [1.165, 1.54) is 17.7 Å². The number of aromatic nitrogens is 2. The van der Waals surface area contributed by atoms with Crippen LogP contribution in [0.15, 0.2) is 72.8 Å². The predicted octanol–water partition coefficient (Wildman–Crippen LogP) is 5.10. The number of fused-ring (bicyclic) bond motifs is 1. The maximum Gasteiger partial charge on any atom is 0.269 e. The van der Waals surface area contributed by atoms with Crippen molar-refractivity contribution in [1.82, 2.24) is 9.97 Å². The summed E-state index contributed by atoms with van der Waals surface area (Å²) in [5, 5.41) is 10.9. The molecule has 4 rings (SSSR count). The fourth-order valence-electron chi connectivity index (χ4n) is 3.03. The van der Waals surface area contributed by atoms with Gasteiger partial charge in [-0.15, -0.1) is 0 Å². The summed E-state index contributed by atoms with van der Waals surface area (Å²) >= 11 is 0. The number of non-ortho nitro benzene ring substituents is 1. The lowest BCUT2D eigenvalue weighted by Crippen LogP contribution is -2.00. The van der Waals surface area contributed by atoms with Crippen LogP contribution < -0.4 is 0 Å². The summed E-state index contributed by atoms with van der Waals surface area (Å²) in [6.45, 7) is 2.05. The molecule has 0 N–H and O–H groups in total. The van der Waals surface area contributed by atoms with Crippen LogP contribution in [-0.2, 0) is 6.42 Å². The van der Waals surface area contributed by atoms with Crippen molar-refractivity contribution in [3.63, 3.8) is 0 Å². The third kappa shape index (κ3) is 3.53. The molecule has 0 spiro atoms. The van der Waals surface area contributed by atoms with Gasteiger partial charge in [-0.1, -0.05) is 54.1 Å². The molecule has 1 heterocycles. The van der Waals surface area contributed by atoms with Crippen molar-refractivity contribution in [2.45, 2.75) is 13.3 Å². The summed E-state index contributed by atoms with van der Waals surface area (Å²) in [7, 11) is 0. The van der Waals surface area contributed by atoms with Gasteiger partial charge < -0.3 is 0 Å². The number of hydrogen-bond acceptors (Lipinski definition) is 4. The molecular weight excluding hydrogens is 338 g/mol. The van der Waals surface area contributed by atoms with Gasteiger partial charge in [0.25, 0.3) is 5.69 Å². The zero-order valence-corrected chi connectivity index (χ0v) is 14.8. The molecule has 132 valence electrons. The van der Waals surface area contributed by atoms with E-state index in [1.54, 1.807) is 12.1 Å². The Morgan fingerprint density at radius 2 is 1.48 bits per heavy atom. The van der Waals surface area contributed by atoms with Crippen LogP contribution in [0.5, 0.6) is 0 Å². The summed E-state index contributed by atoms with van der Waals surface area (Å²) in [5.41, 5.74) is 6.62. The lowest BCUT2D eigenvalue weighted by molar-refractivity contribution is -0.384. The third-order valence-corrected chi connectivity index (χ3v) is 4.49. The molecule has 0 atom stereocenters. The lowest BCUT2D eigenvalue weighted by Gasteiger charge is -2.11. The molecule has 0 aliphatic carbocycles. The lowest BCUT2D eigenvalue weighted by atomic mass is 10.0. The number of hydrogen-bond donors (Lipinski definition) is 0. The quantitative estimate of drug-likeness (QED) is 0.377.